The molecule has 0 bridgehead atoms. The SMILES string of the molecule is O=C(c1ccccc1)[C@@]1(O)[C@@H](O)[C@@](O)(C(=O)c2ccccc2)[C@](O)(C(=O)c2ccccc2)[C@H](O)[C@@H]1O. The molecule has 3 aromatic rings. The Labute approximate surface area is 205 Å². The van der Waals surface area contributed by atoms with Crippen LogP contribution >= 0.6 is 0 Å². The van der Waals surface area contributed by atoms with Crippen LogP contribution in [0.3, 0.4) is 0 Å². The Morgan fingerprint density at radius 2 is 0.833 bits per heavy atom. The fourth-order valence-corrected chi connectivity index (χ4v) is 4.69. The molecule has 3 aromatic carbocycles. The summed E-state index contributed by atoms with van der Waals surface area (Å²) in [6.45, 7) is 0. The molecule has 1 fully saturated rings. The van der Waals surface area contributed by atoms with E-state index in [2.05, 4.69) is 0 Å². The lowest BCUT2D eigenvalue weighted by Gasteiger charge is -2.56. The van der Waals surface area contributed by atoms with Crippen LogP contribution in [0, 0.1) is 0 Å². The van der Waals surface area contributed by atoms with E-state index in [1.54, 1.807) is 12.1 Å². The maximum absolute atomic E-state index is 13.6. The van der Waals surface area contributed by atoms with Gasteiger partial charge in [-0.05, 0) is 0 Å². The van der Waals surface area contributed by atoms with Crippen molar-refractivity contribution in [3.63, 3.8) is 0 Å². The minimum Gasteiger partial charge on any atom is -0.387 e. The van der Waals surface area contributed by atoms with Crippen LogP contribution in [0.2, 0.25) is 0 Å². The van der Waals surface area contributed by atoms with Crippen LogP contribution in [0.4, 0.5) is 0 Å². The van der Waals surface area contributed by atoms with Gasteiger partial charge in [-0.2, -0.15) is 0 Å². The Hall–Kier alpha value is -3.57. The number of hydrogen-bond donors (Lipinski definition) is 6. The van der Waals surface area contributed by atoms with Crippen molar-refractivity contribution in [1.82, 2.24) is 0 Å². The highest BCUT2D eigenvalue weighted by molar-refractivity contribution is 6.15. The van der Waals surface area contributed by atoms with Gasteiger partial charge in [-0.15, -0.1) is 0 Å². The van der Waals surface area contributed by atoms with Crippen LogP contribution in [0.25, 0.3) is 0 Å². The number of aliphatic hydroxyl groups is 6. The van der Waals surface area contributed by atoms with Crippen molar-refractivity contribution in [2.24, 2.45) is 0 Å². The van der Waals surface area contributed by atoms with Crippen LogP contribution in [0.15, 0.2) is 91.0 Å². The van der Waals surface area contributed by atoms with Crippen molar-refractivity contribution in [1.29, 1.82) is 0 Å². The van der Waals surface area contributed by atoms with Crippen molar-refractivity contribution in [2.75, 3.05) is 0 Å². The molecule has 0 heterocycles. The van der Waals surface area contributed by atoms with Crippen LogP contribution in [-0.2, 0) is 0 Å². The molecule has 4 rings (SSSR count). The largest absolute Gasteiger partial charge is 0.387 e. The number of rotatable bonds is 6. The van der Waals surface area contributed by atoms with Gasteiger partial charge in [0.05, 0.1) is 0 Å². The smallest absolute Gasteiger partial charge is 0.200 e. The standard InChI is InChI=1S/C27H24O9/c28-19(16-10-4-1-5-11-16)25(34)22(31)23(32)26(35,20(29)17-12-6-2-7-13-17)27(36,24(25)33)21(30)18-14-8-3-9-15-18/h1-15,22-24,31-36H/t22-,23+,24+,25-,26-,27-/m0/s1. The molecular weight excluding hydrogens is 468 g/mol. The van der Waals surface area contributed by atoms with Gasteiger partial charge in [0.15, 0.2) is 22.6 Å². The Morgan fingerprint density at radius 1 is 0.500 bits per heavy atom. The summed E-state index contributed by atoms with van der Waals surface area (Å²) in [5.41, 5.74) is -11.5. The van der Waals surface area contributed by atoms with E-state index < -0.39 is 52.5 Å². The van der Waals surface area contributed by atoms with Gasteiger partial charge in [-0.25, -0.2) is 0 Å². The molecule has 36 heavy (non-hydrogen) atoms. The van der Waals surface area contributed by atoms with Gasteiger partial charge in [-0.3, -0.25) is 14.4 Å². The highest BCUT2D eigenvalue weighted by atomic mass is 16.5. The van der Waals surface area contributed by atoms with E-state index in [-0.39, 0.29) is 16.7 Å². The molecule has 9 nitrogen and oxygen atoms in total. The van der Waals surface area contributed by atoms with Crippen molar-refractivity contribution in [2.45, 2.75) is 35.1 Å². The molecule has 6 atom stereocenters. The maximum atomic E-state index is 13.6. The van der Waals surface area contributed by atoms with E-state index in [1.165, 1.54) is 78.9 Å². The third kappa shape index (κ3) is 3.45. The molecule has 0 amide bonds. The summed E-state index contributed by atoms with van der Waals surface area (Å²) >= 11 is 0. The molecule has 6 N–H and O–H groups in total. The molecule has 9 heteroatoms. The number of aliphatic hydroxyl groups excluding tert-OH is 3. The summed E-state index contributed by atoms with van der Waals surface area (Å²) in [5, 5.41) is 68.0. The van der Waals surface area contributed by atoms with Gasteiger partial charge in [0, 0.05) is 16.7 Å². The van der Waals surface area contributed by atoms with Crippen LogP contribution in [0.5, 0.6) is 0 Å². The van der Waals surface area contributed by atoms with E-state index in [1.807, 2.05) is 0 Å². The first kappa shape index (κ1) is 25.5. The molecule has 1 aliphatic rings. The van der Waals surface area contributed by atoms with E-state index in [0.29, 0.717) is 0 Å². The lowest BCUT2D eigenvalue weighted by molar-refractivity contribution is -0.293. The van der Waals surface area contributed by atoms with Crippen molar-refractivity contribution >= 4 is 17.3 Å². The number of Topliss-reactive ketones (excluding diaryl/α,β-unsaturated/α-hetero) is 3. The summed E-state index contributed by atoms with van der Waals surface area (Å²) in [4.78, 5) is 40.5. The summed E-state index contributed by atoms with van der Waals surface area (Å²) < 4.78 is 0. The second kappa shape index (κ2) is 9.14. The Bertz CT molecular complexity index is 1280. The quantitative estimate of drug-likeness (QED) is 0.258. The molecule has 1 aliphatic carbocycles. The average Bonchev–Trinajstić information content (AvgIpc) is 2.94. The van der Waals surface area contributed by atoms with E-state index in [4.69, 9.17) is 0 Å². The predicted octanol–water partition coefficient (Wildman–Crippen LogP) is -0.0753. The third-order valence-corrected chi connectivity index (χ3v) is 6.74. The number of carbonyl (C=O) groups excluding carboxylic acids is 3. The van der Waals surface area contributed by atoms with Gasteiger partial charge in [0.1, 0.15) is 18.3 Å². The fraction of sp³-hybridized carbons (Fsp3) is 0.222. The molecule has 0 unspecified atom stereocenters. The highest BCUT2D eigenvalue weighted by Gasteiger charge is 2.78. The lowest BCUT2D eigenvalue weighted by atomic mass is 9.55. The van der Waals surface area contributed by atoms with Crippen molar-refractivity contribution in [3.8, 4) is 0 Å². The van der Waals surface area contributed by atoms with E-state index >= 15 is 0 Å². The zero-order valence-corrected chi connectivity index (χ0v) is 18.8. The molecule has 0 spiro atoms. The minimum atomic E-state index is -3.68. The topological polar surface area (TPSA) is 173 Å². The predicted molar refractivity (Wildman–Crippen MR) is 125 cm³/mol. The molecule has 0 aliphatic heterocycles. The van der Waals surface area contributed by atoms with Crippen molar-refractivity contribution < 1.29 is 45.0 Å². The Balaban J connectivity index is 1.97. The molecular formula is C27H24O9. The van der Waals surface area contributed by atoms with Gasteiger partial charge < -0.3 is 30.6 Å². The van der Waals surface area contributed by atoms with Gasteiger partial charge in [-0.1, -0.05) is 91.0 Å². The van der Waals surface area contributed by atoms with Crippen LogP contribution < -0.4 is 0 Å². The van der Waals surface area contributed by atoms with E-state index in [9.17, 15) is 45.0 Å². The Morgan fingerprint density at radius 3 is 1.22 bits per heavy atom. The highest BCUT2D eigenvalue weighted by Crippen LogP contribution is 2.47. The minimum absolute atomic E-state index is 0.236. The average molecular weight is 492 g/mol. The number of hydrogen-bond acceptors (Lipinski definition) is 9. The summed E-state index contributed by atoms with van der Waals surface area (Å²) in [6, 6.07) is 20.4. The fourth-order valence-electron chi connectivity index (χ4n) is 4.69. The van der Waals surface area contributed by atoms with Gasteiger partial charge >= 0.3 is 0 Å². The monoisotopic (exact) mass is 492 g/mol. The molecule has 0 saturated heterocycles. The number of carbonyl (C=O) groups is 3. The first-order chi connectivity index (χ1) is 17.0. The molecule has 0 aromatic heterocycles. The second-order valence-electron chi connectivity index (χ2n) is 8.74. The van der Waals surface area contributed by atoms with Gasteiger partial charge in [0.25, 0.3) is 0 Å². The van der Waals surface area contributed by atoms with Crippen molar-refractivity contribution in [3.05, 3.63) is 108 Å². The molecule has 186 valence electrons. The first-order valence-corrected chi connectivity index (χ1v) is 11.0. The van der Waals surface area contributed by atoms with Crippen LogP contribution in [0.1, 0.15) is 31.1 Å². The van der Waals surface area contributed by atoms with E-state index in [0.717, 1.165) is 0 Å². The number of benzene rings is 3. The molecule has 1 saturated carbocycles. The number of ketones is 3. The van der Waals surface area contributed by atoms with Gasteiger partial charge in [0.2, 0.25) is 11.6 Å². The zero-order valence-electron chi connectivity index (χ0n) is 18.8. The maximum Gasteiger partial charge on any atom is 0.200 e. The summed E-state index contributed by atoms with van der Waals surface area (Å²) in [6.07, 6.45) is -8.44. The summed E-state index contributed by atoms with van der Waals surface area (Å²) in [5.74, 6) is -4.24. The Kier molecular flexibility index (Phi) is 6.48. The second-order valence-corrected chi connectivity index (χ2v) is 8.74. The first-order valence-electron chi connectivity index (χ1n) is 11.0. The zero-order chi connectivity index (χ0) is 26.3. The lowest BCUT2D eigenvalue weighted by Crippen LogP contribution is -2.87. The summed E-state index contributed by atoms with van der Waals surface area (Å²) in [7, 11) is 0. The molecule has 0 radical (unpaired) electrons. The van der Waals surface area contributed by atoms with Crippen LogP contribution in [-0.4, -0.2) is 83.1 Å². The normalized spacial score (nSPS) is 32.0. The third-order valence-electron chi connectivity index (χ3n) is 6.74.